The number of nitrogens with one attached hydrogen (secondary N) is 1. The highest BCUT2D eigenvalue weighted by Crippen LogP contribution is 2.22. The van der Waals surface area contributed by atoms with Gasteiger partial charge in [-0.25, -0.2) is 4.98 Å². The Labute approximate surface area is 156 Å². The summed E-state index contributed by atoms with van der Waals surface area (Å²) in [6.07, 6.45) is 1.80. The molecule has 0 aliphatic rings. The third-order valence-corrected chi connectivity index (χ3v) is 5.92. The summed E-state index contributed by atoms with van der Waals surface area (Å²) in [4.78, 5) is 16.8. The van der Waals surface area contributed by atoms with Crippen LogP contribution in [0.5, 0.6) is 0 Å². The van der Waals surface area contributed by atoms with Gasteiger partial charge in [0.25, 0.3) is 5.91 Å². The fraction of sp³-hybridized carbons (Fsp3) is 0.300. The van der Waals surface area contributed by atoms with E-state index in [2.05, 4.69) is 23.3 Å². The minimum Gasteiger partial charge on any atom is -0.352 e. The van der Waals surface area contributed by atoms with Crippen molar-refractivity contribution in [1.82, 2.24) is 10.3 Å². The zero-order valence-corrected chi connectivity index (χ0v) is 16.0. The zero-order valence-electron chi connectivity index (χ0n) is 14.3. The van der Waals surface area contributed by atoms with Gasteiger partial charge in [0.05, 0.1) is 15.2 Å². The molecule has 25 heavy (non-hydrogen) atoms. The SMILES string of the molecule is CCSCc1ccc(C(=O)NCCCc2nc3ccccc3s2)cc1. The van der Waals surface area contributed by atoms with Crippen LogP contribution in [-0.4, -0.2) is 23.2 Å². The lowest BCUT2D eigenvalue weighted by molar-refractivity contribution is 0.0953. The molecule has 2 aromatic carbocycles. The first kappa shape index (κ1) is 18.0. The number of fused-ring (bicyclic) bond motifs is 1. The molecule has 0 saturated carbocycles. The Kier molecular flexibility index (Phi) is 6.48. The van der Waals surface area contributed by atoms with Crippen LogP contribution in [0.25, 0.3) is 10.2 Å². The molecular weight excluding hydrogens is 348 g/mol. The lowest BCUT2D eigenvalue weighted by Crippen LogP contribution is -2.24. The fourth-order valence-corrected chi connectivity index (χ4v) is 4.18. The van der Waals surface area contributed by atoms with E-state index in [9.17, 15) is 4.79 Å². The molecule has 3 nitrogen and oxygen atoms in total. The Morgan fingerprint density at radius 3 is 2.72 bits per heavy atom. The molecule has 3 rings (SSSR count). The first-order valence-electron chi connectivity index (χ1n) is 8.55. The van der Waals surface area contributed by atoms with Crippen molar-refractivity contribution in [3.8, 4) is 0 Å². The average molecular weight is 371 g/mol. The standard InChI is InChI=1S/C20H22N2OS2/c1-2-24-14-15-9-11-16(12-10-15)20(23)21-13-5-8-19-22-17-6-3-4-7-18(17)25-19/h3-4,6-7,9-12H,2,5,8,13-14H2,1H3,(H,21,23). The van der Waals surface area contributed by atoms with Crippen LogP contribution in [0.15, 0.2) is 48.5 Å². The highest BCUT2D eigenvalue weighted by Gasteiger charge is 2.06. The van der Waals surface area contributed by atoms with Crippen LogP contribution in [0.1, 0.15) is 34.3 Å². The summed E-state index contributed by atoms with van der Waals surface area (Å²) >= 11 is 3.62. The summed E-state index contributed by atoms with van der Waals surface area (Å²) in [5.41, 5.74) is 3.05. The zero-order chi connectivity index (χ0) is 17.5. The first-order valence-corrected chi connectivity index (χ1v) is 10.5. The molecule has 0 radical (unpaired) electrons. The van der Waals surface area contributed by atoms with Crippen LogP contribution < -0.4 is 5.32 Å². The lowest BCUT2D eigenvalue weighted by Gasteiger charge is -2.06. The molecule has 1 N–H and O–H groups in total. The van der Waals surface area contributed by atoms with E-state index in [1.165, 1.54) is 10.3 Å². The molecule has 0 fully saturated rings. The second kappa shape index (κ2) is 9.02. The fourth-order valence-electron chi connectivity index (χ4n) is 2.54. The largest absolute Gasteiger partial charge is 0.352 e. The van der Waals surface area contributed by atoms with Crippen LogP contribution in [0.3, 0.4) is 0 Å². The van der Waals surface area contributed by atoms with Crippen molar-refractivity contribution < 1.29 is 4.79 Å². The number of benzene rings is 2. The normalized spacial score (nSPS) is 10.9. The van der Waals surface area contributed by atoms with Crippen LogP contribution in [-0.2, 0) is 12.2 Å². The quantitative estimate of drug-likeness (QED) is 0.573. The number of para-hydroxylation sites is 1. The van der Waals surface area contributed by atoms with E-state index >= 15 is 0 Å². The van der Waals surface area contributed by atoms with Crippen molar-refractivity contribution in [3.63, 3.8) is 0 Å². The Hall–Kier alpha value is -1.85. The molecule has 5 heteroatoms. The number of thiazole rings is 1. The van der Waals surface area contributed by atoms with Gasteiger partial charge in [-0.1, -0.05) is 31.2 Å². The number of aromatic nitrogens is 1. The molecule has 0 bridgehead atoms. The van der Waals surface area contributed by atoms with Crippen molar-refractivity contribution in [2.24, 2.45) is 0 Å². The molecular formula is C20H22N2OS2. The van der Waals surface area contributed by atoms with Gasteiger partial charge in [0.2, 0.25) is 0 Å². The number of rotatable bonds is 8. The van der Waals surface area contributed by atoms with Crippen LogP contribution in [0.4, 0.5) is 0 Å². The Balaban J connectivity index is 1.44. The third-order valence-electron chi connectivity index (χ3n) is 3.88. The second-order valence-electron chi connectivity index (χ2n) is 5.77. The first-order chi connectivity index (χ1) is 12.3. The van der Waals surface area contributed by atoms with E-state index in [4.69, 9.17) is 0 Å². The molecule has 0 aliphatic heterocycles. The Bertz CT molecular complexity index is 794. The van der Waals surface area contributed by atoms with E-state index in [1.807, 2.05) is 54.2 Å². The number of carbonyl (C=O) groups excluding carboxylic acids is 1. The molecule has 0 unspecified atom stereocenters. The van der Waals surface area contributed by atoms with Gasteiger partial charge < -0.3 is 5.32 Å². The van der Waals surface area contributed by atoms with E-state index < -0.39 is 0 Å². The topological polar surface area (TPSA) is 42.0 Å². The molecule has 0 aliphatic carbocycles. The van der Waals surface area contributed by atoms with Crippen molar-refractivity contribution >= 4 is 39.2 Å². The van der Waals surface area contributed by atoms with Crippen molar-refractivity contribution in [3.05, 3.63) is 64.7 Å². The van der Waals surface area contributed by atoms with Gasteiger partial charge in [-0.05, 0) is 42.0 Å². The number of hydrogen-bond acceptors (Lipinski definition) is 4. The maximum Gasteiger partial charge on any atom is 0.251 e. The second-order valence-corrected chi connectivity index (χ2v) is 8.16. The van der Waals surface area contributed by atoms with Crippen LogP contribution in [0.2, 0.25) is 0 Å². The van der Waals surface area contributed by atoms with E-state index in [1.54, 1.807) is 11.3 Å². The average Bonchev–Trinajstić information content (AvgIpc) is 3.06. The highest BCUT2D eigenvalue weighted by molar-refractivity contribution is 7.98. The maximum absolute atomic E-state index is 12.2. The Morgan fingerprint density at radius 1 is 1.16 bits per heavy atom. The maximum atomic E-state index is 12.2. The van der Waals surface area contributed by atoms with Gasteiger partial charge in [0.1, 0.15) is 0 Å². The van der Waals surface area contributed by atoms with Crippen LogP contribution >= 0.6 is 23.1 Å². The number of thioether (sulfide) groups is 1. The smallest absolute Gasteiger partial charge is 0.251 e. The van der Waals surface area contributed by atoms with Crippen molar-refractivity contribution in [1.29, 1.82) is 0 Å². The monoisotopic (exact) mass is 370 g/mol. The summed E-state index contributed by atoms with van der Waals surface area (Å²) in [5, 5.41) is 4.13. The number of carbonyl (C=O) groups is 1. The van der Waals surface area contributed by atoms with Crippen molar-refractivity contribution in [2.75, 3.05) is 12.3 Å². The molecule has 0 atom stereocenters. The summed E-state index contributed by atoms with van der Waals surface area (Å²) in [6.45, 7) is 2.82. The highest BCUT2D eigenvalue weighted by atomic mass is 32.2. The van der Waals surface area contributed by atoms with Gasteiger partial charge in [-0.15, -0.1) is 11.3 Å². The van der Waals surface area contributed by atoms with Gasteiger partial charge in [0, 0.05) is 24.3 Å². The predicted molar refractivity (Wildman–Crippen MR) is 109 cm³/mol. The van der Waals surface area contributed by atoms with Crippen LogP contribution in [0, 0.1) is 0 Å². The van der Waals surface area contributed by atoms with E-state index in [0.29, 0.717) is 6.54 Å². The van der Waals surface area contributed by atoms with Gasteiger partial charge in [-0.2, -0.15) is 11.8 Å². The summed E-state index contributed by atoms with van der Waals surface area (Å²) in [6, 6.07) is 16.1. The lowest BCUT2D eigenvalue weighted by atomic mass is 10.1. The number of aryl methyl sites for hydroxylation is 1. The van der Waals surface area contributed by atoms with Crippen molar-refractivity contribution in [2.45, 2.75) is 25.5 Å². The minimum atomic E-state index is -0.000931. The molecule has 3 aromatic rings. The molecule has 1 amide bonds. The molecule has 1 aromatic heterocycles. The van der Waals surface area contributed by atoms with E-state index in [-0.39, 0.29) is 5.91 Å². The predicted octanol–water partition coefficient (Wildman–Crippen LogP) is 4.91. The number of hydrogen-bond donors (Lipinski definition) is 1. The molecule has 1 heterocycles. The van der Waals surface area contributed by atoms with Gasteiger partial charge >= 0.3 is 0 Å². The summed E-state index contributed by atoms with van der Waals surface area (Å²) in [7, 11) is 0. The molecule has 0 saturated heterocycles. The van der Waals surface area contributed by atoms with E-state index in [0.717, 1.165) is 40.4 Å². The summed E-state index contributed by atoms with van der Waals surface area (Å²) in [5.74, 6) is 2.11. The number of nitrogens with zero attached hydrogens (tertiary/aromatic N) is 1. The summed E-state index contributed by atoms with van der Waals surface area (Å²) < 4.78 is 1.22. The molecule has 130 valence electrons. The Morgan fingerprint density at radius 2 is 1.96 bits per heavy atom. The minimum absolute atomic E-state index is 0.000931. The van der Waals surface area contributed by atoms with Gasteiger partial charge in [0.15, 0.2) is 0 Å². The van der Waals surface area contributed by atoms with Gasteiger partial charge in [-0.3, -0.25) is 4.79 Å². The molecule has 0 spiro atoms. The third kappa shape index (κ3) is 5.06. The number of amides is 1.